The Morgan fingerprint density at radius 3 is 1.24 bits per heavy atom. The monoisotopic (exact) mass is 272 g/mol. The SMILES string of the molecule is c1ccc(-c2ccccc2)cc1.c1ccc2cocc2c1. The molecule has 0 spiro atoms. The van der Waals surface area contributed by atoms with Gasteiger partial charge in [-0.15, -0.1) is 0 Å². The van der Waals surface area contributed by atoms with Gasteiger partial charge >= 0.3 is 0 Å². The van der Waals surface area contributed by atoms with E-state index in [2.05, 4.69) is 48.5 Å². The highest BCUT2D eigenvalue weighted by molar-refractivity contribution is 5.80. The van der Waals surface area contributed by atoms with Crippen molar-refractivity contribution in [1.29, 1.82) is 0 Å². The van der Waals surface area contributed by atoms with Gasteiger partial charge in [0.05, 0.1) is 12.5 Å². The van der Waals surface area contributed by atoms with Gasteiger partial charge < -0.3 is 4.42 Å². The van der Waals surface area contributed by atoms with Crippen LogP contribution in [-0.4, -0.2) is 0 Å². The molecule has 1 heteroatoms. The molecule has 0 amide bonds. The molecular formula is C20H16O. The highest BCUT2D eigenvalue weighted by Gasteiger charge is 1.92. The van der Waals surface area contributed by atoms with E-state index in [0.717, 1.165) is 10.8 Å². The molecule has 21 heavy (non-hydrogen) atoms. The van der Waals surface area contributed by atoms with Crippen LogP contribution in [0.3, 0.4) is 0 Å². The van der Waals surface area contributed by atoms with Crippen molar-refractivity contribution in [2.75, 3.05) is 0 Å². The third-order valence-corrected chi connectivity index (χ3v) is 3.27. The normalized spacial score (nSPS) is 9.90. The van der Waals surface area contributed by atoms with Gasteiger partial charge in [-0.2, -0.15) is 0 Å². The van der Waals surface area contributed by atoms with Crippen molar-refractivity contribution in [3.63, 3.8) is 0 Å². The summed E-state index contributed by atoms with van der Waals surface area (Å²) in [5.41, 5.74) is 2.55. The highest BCUT2D eigenvalue weighted by Crippen LogP contribution is 2.17. The van der Waals surface area contributed by atoms with Gasteiger partial charge in [-0.05, 0) is 11.1 Å². The number of furan rings is 1. The first-order valence-corrected chi connectivity index (χ1v) is 6.95. The molecule has 0 aliphatic carbocycles. The van der Waals surface area contributed by atoms with Crippen molar-refractivity contribution in [1.82, 2.24) is 0 Å². The molecule has 0 saturated carbocycles. The van der Waals surface area contributed by atoms with Crippen LogP contribution in [0.1, 0.15) is 0 Å². The summed E-state index contributed by atoms with van der Waals surface area (Å²) in [6.45, 7) is 0. The molecule has 3 aromatic carbocycles. The van der Waals surface area contributed by atoms with Gasteiger partial charge in [0.2, 0.25) is 0 Å². The minimum atomic E-state index is 1.16. The Morgan fingerprint density at radius 2 is 0.810 bits per heavy atom. The molecule has 4 rings (SSSR count). The zero-order valence-electron chi connectivity index (χ0n) is 11.6. The maximum Gasteiger partial charge on any atom is 0.0981 e. The second-order valence-corrected chi connectivity index (χ2v) is 4.73. The summed E-state index contributed by atoms with van der Waals surface area (Å²) in [5.74, 6) is 0. The molecule has 0 aliphatic rings. The van der Waals surface area contributed by atoms with Crippen LogP contribution in [0.5, 0.6) is 0 Å². The Hall–Kier alpha value is -2.80. The Bertz CT molecular complexity index is 718. The van der Waals surface area contributed by atoms with Gasteiger partial charge in [0.1, 0.15) is 0 Å². The zero-order chi connectivity index (χ0) is 14.3. The number of hydrogen-bond acceptors (Lipinski definition) is 1. The van der Waals surface area contributed by atoms with Crippen LogP contribution >= 0.6 is 0 Å². The van der Waals surface area contributed by atoms with E-state index in [1.807, 2.05) is 36.4 Å². The number of rotatable bonds is 1. The minimum Gasteiger partial charge on any atom is -0.471 e. The summed E-state index contributed by atoms with van der Waals surface area (Å²) < 4.78 is 4.96. The Balaban J connectivity index is 0.000000131. The van der Waals surface area contributed by atoms with Gasteiger partial charge in [-0.3, -0.25) is 0 Å². The molecule has 0 radical (unpaired) electrons. The van der Waals surface area contributed by atoms with Gasteiger partial charge in [0.25, 0.3) is 0 Å². The summed E-state index contributed by atoms with van der Waals surface area (Å²) >= 11 is 0. The van der Waals surface area contributed by atoms with Crippen molar-refractivity contribution in [3.8, 4) is 11.1 Å². The van der Waals surface area contributed by atoms with Crippen LogP contribution in [0.2, 0.25) is 0 Å². The van der Waals surface area contributed by atoms with E-state index in [1.54, 1.807) is 12.5 Å². The van der Waals surface area contributed by atoms with Gasteiger partial charge in [-0.25, -0.2) is 0 Å². The molecule has 1 aromatic heterocycles. The number of hydrogen-bond donors (Lipinski definition) is 0. The maximum absolute atomic E-state index is 4.96. The standard InChI is InChI=1S/C12H10.C8H6O/c1-3-7-11(8-4-1)12-9-5-2-6-10-12;1-2-4-8-6-9-5-7(8)3-1/h1-10H;1-6H. The summed E-state index contributed by atoms with van der Waals surface area (Å²) in [5, 5.41) is 2.33. The maximum atomic E-state index is 4.96. The lowest BCUT2D eigenvalue weighted by atomic mass is 10.1. The van der Waals surface area contributed by atoms with E-state index in [1.165, 1.54) is 11.1 Å². The highest BCUT2D eigenvalue weighted by atomic mass is 16.3. The summed E-state index contributed by atoms with van der Waals surface area (Å²) in [7, 11) is 0. The molecule has 102 valence electrons. The first kappa shape index (κ1) is 13.2. The van der Waals surface area contributed by atoms with Crippen LogP contribution in [0, 0.1) is 0 Å². The van der Waals surface area contributed by atoms with E-state index < -0.39 is 0 Å². The van der Waals surface area contributed by atoms with Crippen LogP contribution in [0.15, 0.2) is 102 Å². The number of benzene rings is 3. The Kier molecular flexibility index (Phi) is 4.13. The van der Waals surface area contributed by atoms with Crippen LogP contribution in [0.25, 0.3) is 21.9 Å². The molecule has 1 heterocycles. The van der Waals surface area contributed by atoms with Crippen molar-refractivity contribution in [2.24, 2.45) is 0 Å². The van der Waals surface area contributed by atoms with E-state index in [-0.39, 0.29) is 0 Å². The molecule has 0 aliphatic heterocycles. The van der Waals surface area contributed by atoms with Crippen LogP contribution in [0.4, 0.5) is 0 Å². The van der Waals surface area contributed by atoms with Crippen molar-refractivity contribution in [2.45, 2.75) is 0 Å². The third kappa shape index (κ3) is 3.40. The van der Waals surface area contributed by atoms with Gasteiger partial charge in [-0.1, -0.05) is 84.9 Å². The molecule has 0 unspecified atom stereocenters. The molecule has 1 nitrogen and oxygen atoms in total. The summed E-state index contributed by atoms with van der Waals surface area (Å²) in [4.78, 5) is 0. The fourth-order valence-corrected chi connectivity index (χ4v) is 2.17. The lowest BCUT2D eigenvalue weighted by molar-refractivity contribution is 0.572. The Morgan fingerprint density at radius 1 is 0.429 bits per heavy atom. The zero-order valence-corrected chi connectivity index (χ0v) is 11.6. The lowest BCUT2D eigenvalue weighted by Gasteiger charge is -1.98. The number of fused-ring (bicyclic) bond motifs is 1. The van der Waals surface area contributed by atoms with Crippen LogP contribution < -0.4 is 0 Å². The molecule has 0 saturated heterocycles. The summed E-state index contributed by atoms with van der Waals surface area (Å²) in [6.07, 6.45) is 3.49. The van der Waals surface area contributed by atoms with E-state index >= 15 is 0 Å². The van der Waals surface area contributed by atoms with Gasteiger partial charge in [0, 0.05) is 10.8 Å². The first-order chi connectivity index (χ1) is 10.4. The molecular weight excluding hydrogens is 256 g/mol. The average molecular weight is 272 g/mol. The second-order valence-electron chi connectivity index (χ2n) is 4.73. The predicted octanol–water partition coefficient (Wildman–Crippen LogP) is 5.79. The fraction of sp³-hybridized carbons (Fsp3) is 0. The molecule has 0 bridgehead atoms. The minimum absolute atomic E-state index is 1.16. The van der Waals surface area contributed by atoms with Crippen LogP contribution in [-0.2, 0) is 0 Å². The molecule has 0 fully saturated rings. The lowest BCUT2D eigenvalue weighted by Crippen LogP contribution is -1.73. The predicted molar refractivity (Wildman–Crippen MR) is 88.1 cm³/mol. The smallest absolute Gasteiger partial charge is 0.0981 e. The average Bonchev–Trinajstić information content (AvgIpc) is 3.06. The van der Waals surface area contributed by atoms with Crippen molar-refractivity contribution in [3.05, 3.63) is 97.5 Å². The first-order valence-electron chi connectivity index (χ1n) is 6.95. The topological polar surface area (TPSA) is 13.1 Å². The quantitative estimate of drug-likeness (QED) is 0.427. The molecule has 0 atom stereocenters. The molecule has 0 N–H and O–H groups in total. The fourth-order valence-electron chi connectivity index (χ4n) is 2.17. The molecule has 4 aromatic rings. The largest absolute Gasteiger partial charge is 0.471 e. The Labute approximate surface area is 124 Å². The van der Waals surface area contributed by atoms with Gasteiger partial charge in [0.15, 0.2) is 0 Å². The van der Waals surface area contributed by atoms with Crippen molar-refractivity contribution >= 4 is 10.8 Å². The van der Waals surface area contributed by atoms with E-state index in [9.17, 15) is 0 Å². The van der Waals surface area contributed by atoms with Crippen molar-refractivity contribution < 1.29 is 4.42 Å². The van der Waals surface area contributed by atoms with E-state index in [4.69, 9.17) is 4.42 Å². The third-order valence-electron chi connectivity index (χ3n) is 3.27. The van der Waals surface area contributed by atoms with E-state index in [0.29, 0.717) is 0 Å². The second kappa shape index (κ2) is 6.58. The summed E-state index contributed by atoms with van der Waals surface area (Å²) in [6, 6.07) is 28.8.